The third kappa shape index (κ3) is 2.76. The van der Waals surface area contributed by atoms with Crippen LogP contribution >= 0.6 is 0 Å². The van der Waals surface area contributed by atoms with Crippen LogP contribution in [0.1, 0.15) is 41.3 Å². The van der Waals surface area contributed by atoms with Gasteiger partial charge in [-0.2, -0.15) is 0 Å². The molecule has 0 bridgehead atoms. The van der Waals surface area contributed by atoms with Gasteiger partial charge in [-0.05, 0) is 62.4 Å². The minimum atomic E-state index is 0.482. The molecule has 1 unspecified atom stereocenters. The van der Waals surface area contributed by atoms with Crippen LogP contribution in [0.15, 0.2) is 48.5 Å². The highest BCUT2D eigenvalue weighted by Gasteiger charge is 2.25. The van der Waals surface area contributed by atoms with Crippen molar-refractivity contribution in [2.24, 2.45) is 7.05 Å². The Hall–Kier alpha value is -2.06. The van der Waals surface area contributed by atoms with Gasteiger partial charge in [0.25, 0.3) is 0 Å². The molecule has 1 atom stereocenters. The zero-order valence-corrected chi connectivity index (χ0v) is 14.7. The average Bonchev–Trinajstić information content (AvgIpc) is 2.89. The maximum Gasteiger partial charge on any atom is 0.0483 e. The van der Waals surface area contributed by atoms with Gasteiger partial charge in [0.15, 0.2) is 0 Å². The molecule has 1 aliphatic rings. The number of hydrogen-bond donors (Lipinski definition) is 1. The zero-order chi connectivity index (χ0) is 16.5. The second-order valence-electron chi connectivity index (χ2n) is 7.08. The third-order valence-corrected chi connectivity index (χ3v) is 5.41. The summed E-state index contributed by atoms with van der Waals surface area (Å²) >= 11 is 0. The first-order valence-electron chi connectivity index (χ1n) is 9.09. The van der Waals surface area contributed by atoms with Gasteiger partial charge in [0.1, 0.15) is 0 Å². The van der Waals surface area contributed by atoms with E-state index in [4.69, 9.17) is 0 Å². The largest absolute Gasteiger partial charge is 0.346 e. The first-order chi connectivity index (χ1) is 11.7. The SMILES string of the molecule is Cc1ccc2c(c1)c1c(n2C)C(NCCc2ccccc2)CCC1. The molecule has 0 aliphatic heterocycles. The van der Waals surface area contributed by atoms with E-state index >= 15 is 0 Å². The van der Waals surface area contributed by atoms with Crippen molar-refractivity contribution < 1.29 is 0 Å². The van der Waals surface area contributed by atoms with Crippen molar-refractivity contribution in [3.8, 4) is 0 Å². The van der Waals surface area contributed by atoms with Crippen LogP contribution < -0.4 is 5.32 Å². The van der Waals surface area contributed by atoms with Crippen LogP contribution in [0.2, 0.25) is 0 Å². The number of benzene rings is 2. The summed E-state index contributed by atoms with van der Waals surface area (Å²) in [5.74, 6) is 0. The van der Waals surface area contributed by atoms with Gasteiger partial charge in [-0.15, -0.1) is 0 Å². The topological polar surface area (TPSA) is 17.0 Å². The number of hydrogen-bond acceptors (Lipinski definition) is 1. The van der Waals surface area contributed by atoms with Crippen LogP contribution in [0.25, 0.3) is 10.9 Å². The summed E-state index contributed by atoms with van der Waals surface area (Å²) in [6.45, 7) is 3.23. The standard InChI is InChI=1S/C22H26N2/c1-16-11-12-21-19(15-16)18-9-6-10-20(22(18)24(21)2)23-14-13-17-7-4-3-5-8-17/h3-5,7-8,11-12,15,20,23H,6,9-10,13-14H2,1-2H3. The van der Waals surface area contributed by atoms with Gasteiger partial charge < -0.3 is 9.88 Å². The summed E-state index contributed by atoms with van der Waals surface area (Å²) < 4.78 is 2.42. The molecule has 1 aromatic heterocycles. The first kappa shape index (κ1) is 15.5. The maximum atomic E-state index is 3.82. The zero-order valence-electron chi connectivity index (χ0n) is 14.7. The maximum absolute atomic E-state index is 3.82. The Morgan fingerprint density at radius 3 is 2.79 bits per heavy atom. The van der Waals surface area contributed by atoms with Crippen molar-refractivity contribution in [3.05, 3.63) is 70.9 Å². The quantitative estimate of drug-likeness (QED) is 0.738. The minimum absolute atomic E-state index is 0.482. The molecule has 2 heteroatoms. The van der Waals surface area contributed by atoms with Crippen LogP contribution in [-0.2, 0) is 19.9 Å². The molecular formula is C22H26N2. The molecule has 0 radical (unpaired) electrons. The van der Waals surface area contributed by atoms with Crippen LogP contribution in [0.5, 0.6) is 0 Å². The Morgan fingerprint density at radius 2 is 1.96 bits per heavy atom. The van der Waals surface area contributed by atoms with E-state index in [-0.39, 0.29) is 0 Å². The third-order valence-electron chi connectivity index (χ3n) is 5.41. The van der Waals surface area contributed by atoms with Crippen molar-refractivity contribution in [2.75, 3.05) is 6.54 Å². The van der Waals surface area contributed by atoms with E-state index in [1.807, 2.05) is 0 Å². The molecule has 2 aromatic carbocycles. The average molecular weight is 318 g/mol. The summed E-state index contributed by atoms with van der Waals surface area (Å²) in [5, 5.41) is 5.28. The molecule has 1 N–H and O–H groups in total. The van der Waals surface area contributed by atoms with Crippen molar-refractivity contribution in [3.63, 3.8) is 0 Å². The van der Waals surface area contributed by atoms with Crippen molar-refractivity contribution in [2.45, 2.75) is 38.6 Å². The highest BCUT2D eigenvalue weighted by molar-refractivity contribution is 5.86. The summed E-state index contributed by atoms with van der Waals surface area (Å²) in [7, 11) is 2.23. The highest BCUT2D eigenvalue weighted by Crippen LogP contribution is 2.37. The van der Waals surface area contributed by atoms with Gasteiger partial charge in [-0.3, -0.25) is 0 Å². The number of aromatic nitrogens is 1. The van der Waals surface area contributed by atoms with E-state index < -0.39 is 0 Å². The number of aryl methyl sites for hydroxylation is 3. The molecular weight excluding hydrogens is 292 g/mol. The highest BCUT2D eigenvalue weighted by atomic mass is 15.0. The normalized spacial score (nSPS) is 17.2. The predicted octanol–water partition coefficient (Wildman–Crippen LogP) is 4.70. The fraction of sp³-hybridized carbons (Fsp3) is 0.364. The first-order valence-corrected chi connectivity index (χ1v) is 9.09. The van der Waals surface area contributed by atoms with Crippen molar-refractivity contribution in [1.29, 1.82) is 0 Å². The Morgan fingerprint density at radius 1 is 1.12 bits per heavy atom. The van der Waals surface area contributed by atoms with Gasteiger partial charge in [0.05, 0.1) is 0 Å². The number of nitrogens with zero attached hydrogens (tertiary/aromatic N) is 1. The number of fused-ring (bicyclic) bond motifs is 3. The Kier molecular flexibility index (Phi) is 4.15. The van der Waals surface area contributed by atoms with Gasteiger partial charge in [0, 0.05) is 29.7 Å². The van der Waals surface area contributed by atoms with E-state index in [0.29, 0.717) is 6.04 Å². The van der Waals surface area contributed by atoms with Crippen LogP contribution in [0.3, 0.4) is 0 Å². The molecule has 124 valence electrons. The molecule has 3 aromatic rings. The Bertz CT molecular complexity index is 845. The van der Waals surface area contributed by atoms with Gasteiger partial charge >= 0.3 is 0 Å². The van der Waals surface area contributed by atoms with E-state index in [0.717, 1.165) is 13.0 Å². The smallest absolute Gasteiger partial charge is 0.0483 e. The second-order valence-corrected chi connectivity index (χ2v) is 7.08. The molecule has 2 nitrogen and oxygen atoms in total. The van der Waals surface area contributed by atoms with E-state index in [1.54, 1.807) is 5.56 Å². The lowest BCUT2D eigenvalue weighted by Gasteiger charge is -2.26. The minimum Gasteiger partial charge on any atom is -0.346 e. The van der Waals surface area contributed by atoms with Gasteiger partial charge in [-0.1, -0.05) is 42.0 Å². The van der Waals surface area contributed by atoms with Gasteiger partial charge in [-0.25, -0.2) is 0 Å². The molecule has 4 rings (SSSR count). The summed E-state index contributed by atoms with van der Waals surface area (Å²) in [6, 6.07) is 18.1. The predicted molar refractivity (Wildman–Crippen MR) is 101 cm³/mol. The van der Waals surface area contributed by atoms with Crippen molar-refractivity contribution >= 4 is 10.9 Å². The fourth-order valence-electron chi connectivity index (χ4n) is 4.21. The number of nitrogens with one attached hydrogen (secondary N) is 1. The lowest BCUT2D eigenvalue weighted by Crippen LogP contribution is -2.28. The second kappa shape index (κ2) is 6.45. The molecule has 0 spiro atoms. The molecule has 1 heterocycles. The van der Waals surface area contributed by atoms with E-state index in [9.17, 15) is 0 Å². The lowest BCUT2D eigenvalue weighted by atomic mass is 9.91. The molecule has 0 saturated heterocycles. The number of rotatable bonds is 4. The summed E-state index contributed by atoms with van der Waals surface area (Å²) in [6.07, 6.45) is 4.83. The summed E-state index contributed by atoms with van der Waals surface area (Å²) in [5.41, 5.74) is 7.22. The van der Waals surface area contributed by atoms with Crippen LogP contribution in [-0.4, -0.2) is 11.1 Å². The molecule has 0 fully saturated rings. The molecule has 1 aliphatic carbocycles. The van der Waals surface area contributed by atoms with E-state index in [1.165, 1.54) is 47.0 Å². The molecule has 24 heavy (non-hydrogen) atoms. The van der Waals surface area contributed by atoms with Crippen LogP contribution in [0.4, 0.5) is 0 Å². The lowest BCUT2D eigenvalue weighted by molar-refractivity contribution is 0.444. The summed E-state index contributed by atoms with van der Waals surface area (Å²) in [4.78, 5) is 0. The fourth-order valence-corrected chi connectivity index (χ4v) is 4.21. The Balaban J connectivity index is 1.58. The Labute approximate surface area is 144 Å². The molecule has 0 saturated carbocycles. The molecule has 0 amide bonds. The van der Waals surface area contributed by atoms with Crippen molar-refractivity contribution in [1.82, 2.24) is 9.88 Å². The van der Waals surface area contributed by atoms with Gasteiger partial charge in [0.2, 0.25) is 0 Å². The van der Waals surface area contributed by atoms with E-state index in [2.05, 4.69) is 72.4 Å². The monoisotopic (exact) mass is 318 g/mol. The van der Waals surface area contributed by atoms with Crippen LogP contribution in [0, 0.1) is 6.92 Å².